The summed E-state index contributed by atoms with van der Waals surface area (Å²) in [7, 11) is -0.0859. The third kappa shape index (κ3) is 4.79. The Labute approximate surface area is 202 Å². The summed E-state index contributed by atoms with van der Waals surface area (Å²) < 4.78 is 36.2. The minimum absolute atomic E-state index is 0.0612. The van der Waals surface area contributed by atoms with Crippen LogP contribution in [0, 0.1) is 17.3 Å². The molecule has 1 aromatic rings. The maximum atomic E-state index is 12.2. The van der Waals surface area contributed by atoms with Crippen molar-refractivity contribution in [2.45, 2.75) is 89.2 Å². The van der Waals surface area contributed by atoms with E-state index in [1.807, 2.05) is 38.1 Å². The van der Waals surface area contributed by atoms with Crippen LogP contribution in [0.25, 0.3) is 0 Å². The van der Waals surface area contributed by atoms with E-state index in [1.165, 1.54) is 6.42 Å². The predicted octanol–water partition coefficient (Wildman–Crippen LogP) is 4.49. The fourth-order valence-corrected chi connectivity index (χ4v) is 6.67. The van der Waals surface area contributed by atoms with Crippen molar-refractivity contribution < 1.29 is 23.0 Å². The van der Waals surface area contributed by atoms with Gasteiger partial charge in [-0.25, -0.2) is 4.21 Å². The first-order valence-corrected chi connectivity index (χ1v) is 13.4. The number of hydrogen-bond donors (Lipinski definition) is 1. The zero-order chi connectivity index (χ0) is 24.0. The van der Waals surface area contributed by atoms with Crippen LogP contribution in [0.5, 0.6) is 5.75 Å². The summed E-state index contributed by atoms with van der Waals surface area (Å²) in [4.78, 5) is 0. The fourth-order valence-electron chi connectivity index (χ4n) is 6.30. The summed E-state index contributed by atoms with van der Waals surface area (Å²) in [5, 5.41) is 5.83. The molecule has 1 aliphatic heterocycles. The monoisotopic (exact) mass is 477 g/mol. The predicted molar refractivity (Wildman–Crippen MR) is 132 cm³/mol. The average molecular weight is 477 g/mol. The van der Waals surface area contributed by atoms with Crippen molar-refractivity contribution >= 4 is 18.1 Å². The largest absolute Gasteiger partial charge is 0.497 e. The second-order valence-corrected chi connectivity index (χ2v) is 13.2. The first kappa shape index (κ1) is 25.2. The van der Waals surface area contributed by atoms with Crippen molar-refractivity contribution in [1.29, 1.82) is 0 Å². The van der Waals surface area contributed by atoms with E-state index in [1.54, 1.807) is 7.11 Å². The third-order valence-electron chi connectivity index (χ3n) is 8.71. The van der Waals surface area contributed by atoms with E-state index in [4.69, 9.17) is 23.9 Å². The molecule has 1 saturated heterocycles. The molecule has 0 spiro atoms. The van der Waals surface area contributed by atoms with Gasteiger partial charge in [0.25, 0.3) is 0 Å². The Hall–Kier alpha value is -0.925. The summed E-state index contributed by atoms with van der Waals surface area (Å²) in [5.41, 5.74) is 1.15. The summed E-state index contributed by atoms with van der Waals surface area (Å²) in [6, 6.07) is 7.91. The lowest BCUT2D eigenvalue weighted by molar-refractivity contribution is -0.199. The van der Waals surface area contributed by atoms with Gasteiger partial charge < -0.3 is 18.8 Å². The summed E-state index contributed by atoms with van der Waals surface area (Å²) in [5.74, 6) is 2.12. The Kier molecular flexibility index (Phi) is 7.07. The first-order chi connectivity index (χ1) is 15.5. The standard InChI is InChI=1S/C25H40BNO5S/c1-23(2,33(27)28)15-19(11-12-30-16-17-7-9-20(29-6)10-8-17)26-31-22-14-18-13-21(24(18,3)4)25(22,5)32-26/h7-10,18-19,21-22H,11-16,27H2,1-6H3/t18-,19+,21-,22+,25-,33?/m0/s1. The van der Waals surface area contributed by atoms with E-state index >= 15 is 0 Å². The number of benzene rings is 1. The van der Waals surface area contributed by atoms with Crippen molar-refractivity contribution in [1.82, 2.24) is 0 Å². The SMILES string of the molecule is COc1ccc(COCC[C@H](CC(C)(C)S(N)=O)B2O[C@@H]3C[C@@H]4C[C@@H](C4(C)C)[C@]3(C)O2)cc1. The molecule has 1 heterocycles. The molecular weight excluding hydrogens is 437 g/mol. The molecule has 5 rings (SSSR count). The van der Waals surface area contributed by atoms with Gasteiger partial charge in [0, 0.05) is 6.61 Å². The van der Waals surface area contributed by atoms with Crippen molar-refractivity contribution in [2.75, 3.05) is 13.7 Å². The van der Waals surface area contributed by atoms with Gasteiger partial charge in [0.05, 0.1) is 41.2 Å². The van der Waals surface area contributed by atoms with Crippen LogP contribution < -0.4 is 9.88 Å². The van der Waals surface area contributed by atoms with Gasteiger partial charge in [-0.3, -0.25) is 5.14 Å². The highest BCUT2D eigenvalue weighted by atomic mass is 32.2. The topological polar surface area (TPSA) is 80.0 Å². The second kappa shape index (κ2) is 9.27. The Morgan fingerprint density at radius 3 is 2.55 bits per heavy atom. The fraction of sp³-hybridized carbons (Fsp3) is 0.760. The quantitative estimate of drug-likeness (QED) is 0.397. The van der Waals surface area contributed by atoms with E-state index in [0.29, 0.717) is 36.9 Å². The maximum absolute atomic E-state index is 12.2. The molecule has 6 atom stereocenters. The van der Waals surface area contributed by atoms with Crippen molar-refractivity contribution in [3.05, 3.63) is 29.8 Å². The summed E-state index contributed by atoms with van der Waals surface area (Å²) in [6.07, 6.45) is 3.84. The molecule has 2 N–H and O–H groups in total. The van der Waals surface area contributed by atoms with Crippen LogP contribution in [0.2, 0.25) is 5.82 Å². The van der Waals surface area contributed by atoms with Crippen LogP contribution in [0.1, 0.15) is 65.9 Å². The third-order valence-corrected chi connectivity index (χ3v) is 9.97. The van der Waals surface area contributed by atoms with Gasteiger partial charge in [-0.15, -0.1) is 0 Å². The number of rotatable bonds is 10. The van der Waals surface area contributed by atoms with Crippen molar-refractivity contribution in [3.8, 4) is 5.75 Å². The molecule has 3 saturated carbocycles. The van der Waals surface area contributed by atoms with Crippen LogP contribution in [0.3, 0.4) is 0 Å². The van der Waals surface area contributed by atoms with Crippen LogP contribution in [0.4, 0.5) is 0 Å². The molecule has 0 radical (unpaired) electrons. The summed E-state index contributed by atoms with van der Waals surface area (Å²) >= 11 is 0. The number of methoxy groups -OCH3 is 1. The molecule has 2 bridgehead atoms. The van der Waals surface area contributed by atoms with Crippen molar-refractivity contribution in [2.24, 2.45) is 22.4 Å². The average Bonchev–Trinajstić information content (AvgIpc) is 3.13. The molecule has 0 amide bonds. The van der Waals surface area contributed by atoms with Crippen LogP contribution in [0.15, 0.2) is 24.3 Å². The normalized spacial score (nSPS) is 32.1. The maximum Gasteiger partial charge on any atom is 0.461 e. The lowest BCUT2D eigenvalue weighted by atomic mass is 9.43. The van der Waals surface area contributed by atoms with Crippen molar-refractivity contribution in [3.63, 3.8) is 0 Å². The molecule has 6 nitrogen and oxygen atoms in total. The number of hydrogen-bond acceptors (Lipinski definition) is 5. The zero-order valence-electron chi connectivity index (χ0n) is 21.0. The van der Waals surface area contributed by atoms with Gasteiger partial charge in [-0.2, -0.15) is 0 Å². The molecular formula is C25H40BNO5S. The van der Waals surface area contributed by atoms with Gasteiger partial charge >= 0.3 is 7.12 Å². The molecule has 8 heteroatoms. The molecule has 3 aliphatic carbocycles. The second-order valence-electron chi connectivity index (χ2n) is 11.5. The van der Waals surface area contributed by atoms with E-state index in [9.17, 15) is 4.21 Å². The van der Waals surface area contributed by atoms with Crippen LogP contribution >= 0.6 is 0 Å². The molecule has 1 aromatic carbocycles. The van der Waals surface area contributed by atoms with Crippen LogP contribution in [-0.2, 0) is 31.6 Å². The van der Waals surface area contributed by atoms with Gasteiger partial charge in [-0.1, -0.05) is 26.0 Å². The molecule has 1 unspecified atom stereocenters. The van der Waals surface area contributed by atoms with Crippen LogP contribution in [-0.4, -0.2) is 41.5 Å². The molecule has 33 heavy (non-hydrogen) atoms. The van der Waals surface area contributed by atoms with E-state index in [2.05, 4.69) is 20.8 Å². The Bertz CT molecular complexity index is 863. The van der Waals surface area contributed by atoms with E-state index in [0.717, 1.165) is 24.2 Å². The van der Waals surface area contributed by atoms with Gasteiger partial charge in [0.15, 0.2) is 0 Å². The van der Waals surface area contributed by atoms with Gasteiger partial charge in [0.1, 0.15) is 5.75 Å². The molecule has 4 aliphatic rings. The number of nitrogens with two attached hydrogens (primary N) is 1. The highest BCUT2D eigenvalue weighted by molar-refractivity contribution is 7.84. The minimum Gasteiger partial charge on any atom is -0.497 e. The van der Waals surface area contributed by atoms with E-state index < -0.39 is 15.7 Å². The van der Waals surface area contributed by atoms with Gasteiger partial charge in [-0.05, 0) is 87.2 Å². The summed E-state index contributed by atoms with van der Waals surface area (Å²) in [6.45, 7) is 12.0. The highest BCUT2D eigenvalue weighted by Crippen LogP contribution is 2.66. The molecule has 0 aromatic heterocycles. The molecule has 4 fully saturated rings. The Morgan fingerprint density at radius 1 is 1.24 bits per heavy atom. The lowest BCUT2D eigenvalue weighted by Gasteiger charge is -2.64. The zero-order valence-corrected chi connectivity index (χ0v) is 21.8. The minimum atomic E-state index is -1.43. The number of ether oxygens (including phenoxy) is 2. The lowest BCUT2D eigenvalue weighted by Crippen LogP contribution is -2.65. The van der Waals surface area contributed by atoms with Gasteiger partial charge in [0.2, 0.25) is 0 Å². The highest BCUT2D eigenvalue weighted by Gasteiger charge is 2.68. The molecule has 184 valence electrons. The smallest absolute Gasteiger partial charge is 0.461 e. The Morgan fingerprint density at radius 2 is 1.94 bits per heavy atom. The Balaban J connectivity index is 1.40. The first-order valence-electron chi connectivity index (χ1n) is 12.2. The van der Waals surface area contributed by atoms with E-state index in [-0.39, 0.29) is 24.6 Å².